The predicted molar refractivity (Wildman–Crippen MR) is 56.3 cm³/mol. The maximum atomic E-state index is 11.5. The fourth-order valence-corrected chi connectivity index (χ4v) is 1.49. The third kappa shape index (κ3) is 3.38. The molecule has 0 spiro atoms. The maximum Gasteiger partial charge on any atom is 0.309 e. The van der Waals surface area contributed by atoms with Crippen molar-refractivity contribution in [3.63, 3.8) is 0 Å². The van der Waals surface area contributed by atoms with Gasteiger partial charge in [-0.15, -0.1) is 0 Å². The number of amides is 1. The highest BCUT2D eigenvalue weighted by Crippen LogP contribution is 2.20. The van der Waals surface area contributed by atoms with Crippen LogP contribution >= 0.6 is 0 Å². The highest BCUT2D eigenvalue weighted by molar-refractivity contribution is 5.84. The lowest BCUT2D eigenvalue weighted by Gasteiger charge is -2.20. The predicted octanol–water partition coefficient (Wildman–Crippen LogP) is 1.32. The van der Waals surface area contributed by atoms with Gasteiger partial charge in [-0.2, -0.15) is 0 Å². The van der Waals surface area contributed by atoms with Crippen LogP contribution in [-0.4, -0.2) is 23.0 Å². The minimum Gasteiger partial charge on any atom is -0.481 e. The molecular weight excluding hydrogens is 194 g/mol. The van der Waals surface area contributed by atoms with Crippen molar-refractivity contribution in [2.75, 3.05) is 0 Å². The molecule has 0 saturated carbocycles. The van der Waals surface area contributed by atoms with Gasteiger partial charge in [0.25, 0.3) is 0 Å². The molecule has 0 atom stereocenters. The van der Waals surface area contributed by atoms with E-state index in [4.69, 9.17) is 5.11 Å². The van der Waals surface area contributed by atoms with E-state index in [1.165, 1.54) is 0 Å². The number of hydrogen-bond acceptors (Lipinski definition) is 2. The molecule has 1 amide bonds. The highest BCUT2D eigenvalue weighted by atomic mass is 16.4. The number of carboxylic acid groups (broad SMARTS) is 1. The zero-order valence-corrected chi connectivity index (χ0v) is 9.12. The minimum absolute atomic E-state index is 0.0266. The number of carbonyl (C=O) groups excluding carboxylic acids is 1. The molecule has 0 fully saturated rings. The van der Waals surface area contributed by atoms with Gasteiger partial charge in [-0.1, -0.05) is 12.2 Å². The molecule has 0 heterocycles. The average molecular weight is 211 g/mol. The number of rotatable bonds is 4. The van der Waals surface area contributed by atoms with Gasteiger partial charge >= 0.3 is 5.97 Å². The number of aliphatic carboxylic acids is 1. The Kier molecular flexibility index (Phi) is 3.50. The summed E-state index contributed by atoms with van der Waals surface area (Å²) in [6.45, 7) is 3.11. The van der Waals surface area contributed by atoms with E-state index in [1.807, 2.05) is 12.2 Å². The summed E-state index contributed by atoms with van der Waals surface area (Å²) < 4.78 is 0. The van der Waals surface area contributed by atoms with Crippen LogP contribution in [0.4, 0.5) is 0 Å². The Morgan fingerprint density at radius 3 is 2.40 bits per heavy atom. The van der Waals surface area contributed by atoms with Gasteiger partial charge in [0, 0.05) is 12.5 Å². The summed E-state index contributed by atoms with van der Waals surface area (Å²) in [7, 11) is 0. The lowest BCUT2D eigenvalue weighted by atomic mass is 9.89. The van der Waals surface area contributed by atoms with Gasteiger partial charge < -0.3 is 10.4 Å². The van der Waals surface area contributed by atoms with Crippen molar-refractivity contribution in [3.8, 4) is 0 Å². The molecule has 0 aromatic rings. The van der Waals surface area contributed by atoms with Crippen LogP contribution in [0.25, 0.3) is 0 Å². The van der Waals surface area contributed by atoms with E-state index >= 15 is 0 Å². The van der Waals surface area contributed by atoms with E-state index in [0.29, 0.717) is 0 Å². The summed E-state index contributed by atoms with van der Waals surface area (Å²) in [5.41, 5.74) is -0.990. The van der Waals surface area contributed by atoms with Crippen molar-refractivity contribution in [1.82, 2.24) is 5.32 Å². The topological polar surface area (TPSA) is 66.4 Å². The van der Waals surface area contributed by atoms with Gasteiger partial charge in [0.15, 0.2) is 0 Å². The molecule has 4 nitrogen and oxygen atoms in total. The van der Waals surface area contributed by atoms with Gasteiger partial charge in [0.05, 0.1) is 5.41 Å². The standard InChI is InChI=1S/C11H17NO3/c1-11(2,10(14)15)7-9(13)12-8-5-3-4-6-8/h3-4,8H,5-7H2,1-2H3,(H,12,13)(H,14,15). The Bertz CT molecular complexity index is 286. The van der Waals surface area contributed by atoms with E-state index < -0.39 is 11.4 Å². The Hall–Kier alpha value is -1.32. The molecule has 0 aromatic heterocycles. The molecule has 1 rings (SSSR count). The molecule has 0 aromatic carbocycles. The normalized spacial score (nSPS) is 16.7. The first-order valence-electron chi connectivity index (χ1n) is 5.09. The highest BCUT2D eigenvalue weighted by Gasteiger charge is 2.30. The largest absolute Gasteiger partial charge is 0.481 e. The van der Waals surface area contributed by atoms with Crippen molar-refractivity contribution in [1.29, 1.82) is 0 Å². The second-order valence-corrected chi connectivity index (χ2v) is 4.57. The molecule has 1 aliphatic rings. The molecule has 0 aliphatic heterocycles. The Morgan fingerprint density at radius 2 is 1.93 bits per heavy atom. The lowest BCUT2D eigenvalue weighted by Crippen LogP contribution is -2.37. The average Bonchev–Trinajstić information content (AvgIpc) is 2.54. The van der Waals surface area contributed by atoms with Crippen LogP contribution in [0.1, 0.15) is 33.1 Å². The first-order chi connectivity index (χ1) is 6.92. The number of nitrogens with one attached hydrogen (secondary N) is 1. The van der Waals surface area contributed by atoms with Crippen molar-refractivity contribution >= 4 is 11.9 Å². The summed E-state index contributed by atoms with van der Waals surface area (Å²) in [6, 6.07) is 0.155. The minimum atomic E-state index is -0.990. The van der Waals surface area contributed by atoms with E-state index in [1.54, 1.807) is 13.8 Å². The molecule has 84 valence electrons. The molecule has 1 aliphatic carbocycles. The molecule has 15 heavy (non-hydrogen) atoms. The molecule has 2 N–H and O–H groups in total. The molecule has 0 radical (unpaired) electrons. The van der Waals surface area contributed by atoms with Gasteiger partial charge in [0.1, 0.15) is 0 Å². The molecule has 4 heteroatoms. The van der Waals surface area contributed by atoms with Crippen molar-refractivity contribution in [2.24, 2.45) is 5.41 Å². The molecular formula is C11H17NO3. The number of carboxylic acids is 1. The van der Waals surface area contributed by atoms with Gasteiger partial charge in [-0.25, -0.2) is 0 Å². The molecule has 0 saturated heterocycles. The summed E-state index contributed by atoms with van der Waals surface area (Å²) >= 11 is 0. The van der Waals surface area contributed by atoms with Crippen molar-refractivity contribution in [2.45, 2.75) is 39.2 Å². The van der Waals surface area contributed by atoms with Crippen LogP contribution in [0.15, 0.2) is 12.2 Å². The van der Waals surface area contributed by atoms with Crippen LogP contribution in [0.3, 0.4) is 0 Å². The van der Waals surface area contributed by atoms with Crippen LogP contribution in [0.2, 0.25) is 0 Å². The zero-order valence-electron chi connectivity index (χ0n) is 9.12. The first kappa shape index (κ1) is 11.8. The second-order valence-electron chi connectivity index (χ2n) is 4.57. The van der Waals surface area contributed by atoms with E-state index in [0.717, 1.165) is 12.8 Å². The second kappa shape index (κ2) is 4.47. The quantitative estimate of drug-likeness (QED) is 0.689. The van der Waals surface area contributed by atoms with Gasteiger partial charge in [-0.3, -0.25) is 9.59 Å². The van der Waals surface area contributed by atoms with Crippen molar-refractivity contribution in [3.05, 3.63) is 12.2 Å². The van der Waals surface area contributed by atoms with Crippen LogP contribution in [-0.2, 0) is 9.59 Å². The maximum absolute atomic E-state index is 11.5. The van der Waals surface area contributed by atoms with E-state index in [-0.39, 0.29) is 18.4 Å². The molecule has 0 unspecified atom stereocenters. The fourth-order valence-electron chi connectivity index (χ4n) is 1.49. The number of hydrogen-bond donors (Lipinski definition) is 2. The molecule has 0 bridgehead atoms. The van der Waals surface area contributed by atoms with Gasteiger partial charge in [0.2, 0.25) is 5.91 Å². The lowest BCUT2D eigenvalue weighted by molar-refractivity contribution is -0.149. The summed E-state index contributed by atoms with van der Waals surface area (Å²) in [6.07, 6.45) is 5.76. The zero-order chi connectivity index (χ0) is 11.5. The van der Waals surface area contributed by atoms with Crippen molar-refractivity contribution < 1.29 is 14.7 Å². The third-order valence-corrected chi connectivity index (χ3v) is 2.55. The van der Waals surface area contributed by atoms with Crippen LogP contribution in [0.5, 0.6) is 0 Å². The Balaban J connectivity index is 2.38. The Morgan fingerprint density at radius 1 is 1.40 bits per heavy atom. The first-order valence-corrected chi connectivity index (χ1v) is 5.09. The van der Waals surface area contributed by atoms with Crippen LogP contribution in [0, 0.1) is 5.41 Å². The smallest absolute Gasteiger partial charge is 0.309 e. The SMILES string of the molecule is CC(C)(CC(=O)NC1CC=CC1)C(=O)O. The summed E-state index contributed by atoms with van der Waals surface area (Å²) in [5, 5.41) is 11.7. The van der Waals surface area contributed by atoms with Crippen LogP contribution < -0.4 is 5.32 Å². The number of carbonyl (C=O) groups is 2. The van der Waals surface area contributed by atoms with Gasteiger partial charge in [-0.05, 0) is 26.7 Å². The third-order valence-electron chi connectivity index (χ3n) is 2.55. The van der Waals surface area contributed by atoms with E-state index in [9.17, 15) is 9.59 Å². The Labute approximate surface area is 89.4 Å². The summed E-state index contributed by atoms with van der Waals surface area (Å²) in [5.74, 6) is -1.13. The summed E-state index contributed by atoms with van der Waals surface area (Å²) in [4.78, 5) is 22.3. The fraction of sp³-hybridized carbons (Fsp3) is 0.636. The van der Waals surface area contributed by atoms with E-state index in [2.05, 4.69) is 5.32 Å². The monoisotopic (exact) mass is 211 g/mol.